The Labute approximate surface area is 165 Å². The van der Waals surface area contributed by atoms with Crippen LogP contribution in [0.1, 0.15) is 58.8 Å². The van der Waals surface area contributed by atoms with Crippen LogP contribution >= 0.6 is 0 Å². The molecule has 0 radical (unpaired) electrons. The number of hydrogen-bond donors (Lipinski definition) is 1. The molecule has 154 valence electrons. The quantitative estimate of drug-likeness (QED) is 0.438. The summed E-state index contributed by atoms with van der Waals surface area (Å²) in [5.74, 6) is -1.99. The Morgan fingerprint density at radius 3 is 2.29 bits per heavy atom. The highest BCUT2D eigenvalue weighted by Crippen LogP contribution is 2.37. The van der Waals surface area contributed by atoms with E-state index in [1.54, 1.807) is 0 Å². The average Bonchev–Trinajstić information content (AvgIpc) is 2.63. The molecule has 28 heavy (non-hydrogen) atoms. The zero-order valence-corrected chi connectivity index (χ0v) is 17.0. The number of methoxy groups -OCH3 is 2. The van der Waals surface area contributed by atoms with E-state index in [0.717, 1.165) is 38.2 Å². The van der Waals surface area contributed by atoms with Crippen molar-refractivity contribution >= 4 is 23.4 Å². The summed E-state index contributed by atoms with van der Waals surface area (Å²) in [4.78, 5) is 41.8. The first kappa shape index (κ1) is 21.9. The molecule has 0 atom stereocenters. The number of carbonyl (C=O) groups is 3. The summed E-state index contributed by atoms with van der Waals surface area (Å²) in [5.41, 5.74) is -0.528. The van der Waals surface area contributed by atoms with Crippen molar-refractivity contribution in [2.24, 2.45) is 10.4 Å². The summed E-state index contributed by atoms with van der Waals surface area (Å²) in [6.45, 7) is 3.78. The molecule has 0 heterocycles. The van der Waals surface area contributed by atoms with Crippen molar-refractivity contribution in [1.82, 2.24) is 0 Å². The fraction of sp³-hybridized carbons (Fsp3) is 0.619. The van der Waals surface area contributed by atoms with Gasteiger partial charge >= 0.3 is 11.9 Å². The van der Waals surface area contributed by atoms with E-state index in [4.69, 9.17) is 4.74 Å². The van der Waals surface area contributed by atoms with Gasteiger partial charge in [0.15, 0.2) is 5.78 Å². The van der Waals surface area contributed by atoms with Gasteiger partial charge in [-0.1, -0.05) is 33.1 Å². The summed E-state index contributed by atoms with van der Waals surface area (Å²) in [6, 6.07) is -0.0857. The van der Waals surface area contributed by atoms with Crippen LogP contribution in [0.5, 0.6) is 0 Å². The normalized spacial score (nSPS) is 21.5. The van der Waals surface area contributed by atoms with Crippen molar-refractivity contribution < 1.29 is 29.0 Å². The summed E-state index contributed by atoms with van der Waals surface area (Å²) >= 11 is 0. The molecule has 0 bridgehead atoms. The lowest BCUT2D eigenvalue weighted by atomic mass is 9.74. The second kappa shape index (κ2) is 9.17. The maximum absolute atomic E-state index is 12.9. The van der Waals surface area contributed by atoms with E-state index in [-0.39, 0.29) is 47.3 Å². The number of aliphatic imine (C=N–C) groups is 1. The fourth-order valence-corrected chi connectivity index (χ4v) is 3.73. The Bertz CT molecular complexity index is 738. The molecule has 0 aromatic heterocycles. The van der Waals surface area contributed by atoms with Gasteiger partial charge in [0.2, 0.25) is 0 Å². The van der Waals surface area contributed by atoms with E-state index >= 15 is 0 Å². The van der Waals surface area contributed by atoms with Crippen LogP contribution in [0, 0.1) is 5.41 Å². The molecule has 0 aromatic rings. The number of rotatable bonds is 5. The van der Waals surface area contributed by atoms with E-state index in [1.807, 2.05) is 13.8 Å². The predicted octanol–water partition coefficient (Wildman–Crippen LogP) is 3.23. The second-order valence-electron chi connectivity index (χ2n) is 8.10. The molecule has 1 fully saturated rings. The Morgan fingerprint density at radius 1 is 1.11 bits per heavy atom. The average molecular weight is 391 g/mol. The van der Waals surface area contributed by atoms with Gasteiger partial charge in [0.1, 0.15) is 5.76 Å². The van der Waals surface area contributed by atoms with Crippen LogP contribution in [0.15, 0.2) is 28.0 Å². The summed E-state index contributed by atoms with van der Waals surface area (Å²) in [6.07, 6.45) is 6.23. The molecular weight excluding hydrogens is 362 g/mol. The number of Topliss-reactive ketones (excluding diaryl/α,β-unsaturated/α-hetero) is 1. The second-order valence-corrected chi connectivity index (χ2v) is 8.10. The van der Waals surface area contributed by atoms with Gasteiger partial charge in [-0.3, -0.25) is 9.79 Å². The molecule has 0 saturated heterocycles. The number of hydrogen-bond acceptors (Lipinski definition) is 7. The number of nitrogens with zero attached hydrogens (tertiary/aromatic N) is 1. The van der Waals surface area contributed by atoms with Crippen molar-refractivity contribution in [3.8, 4) is 0 Å². The SMILES string of the molecule is COC(=O)C=C(C(=O)OC)C(=NC1CCCCC1)C1=C(O)CC(C)(C)CC1=O. The molecule has 7 heteroatoms. The van der Waals surface area contributed by atoms with Crippen molar-refractivity contribution in [3.05, 3.63) is 23.0 Å². The maximum atomic E-state index is 12.9. The van der Waals surface area contributed by atoms with Crippen molar-refractivity contribution in [2.75, 3.05) is 14.2 Å². The number of carbonyl (C=O) groups excluding carboxylic acids is 3. The maximum Gasteiger partial charge on any atom is 0.340 e. The van der Waals surface area contributed by atoms with Crippen LogP contribution in [-0.4, -0.2) is 48.8 Å². The highest BCUT2D eigenvalue weighted by Gasteiger charge is 2.38. The lowest BCUT2D eigenvalue weighted by Crippen LogP contribution is -2.32. The molecule has 2 aliphatic rings. The van der Waals surface area contributed by atoms with Crippen molar-refractivity contribution in [3.63, 3.8) is 0 Å². The van der Waals surface area contributed by atoms with Gasteiger partial charge in [0, 0.05) is 18.9 Å². The third kappa shape index (κ3) is 5.30. The highest BCUT2D eigenvalue weighted by molar-refractivity contribution is 6.37. The van der Waals surface area contributed by atoms with Gasteiger partial charge < -0.3 is 14.6 Å². The molecule has 0 aromatic carbocycles. The molecule has 0 amide bonds. The number of aliphatic hydroxyl groups is 1. The lowest BCUT2D eigenvalue weighted by molar-refractivity contribution is -0.138. The summed E-state index contributed by atoms with van der Waals surface area (Å²) < 4.78 is 9.47. The minimum absolute atomic E-state index is 0.00505. The van der Waals surface area contributed by atoms with Crippen LogP contribution in [-0.2, 0) is 23.9 Å². The standard InChI is InChI=1S/C21H29NO6/c1-21(2)11-15(23)18(16(24)12-21)19(22-13-8-6-5-7-9-13)14(20(26)28-4)10-17(25)27-3/h10,13,23H,5-9,11-12H2,1-4H3. The van der Waals surface area contributed by atoms with Crippen LogP contribution in [0.3, 0.4) is 0 Å². The predicted molar refractivity (Wildman–Crippen MR) is 104 cm³/mol. The first-order valence-corrected chi connectivity index (χ1v) is 9.60. The smallest absolute Gasteiger partial charge is 0.340 e. The summed E-state index contributed by atoms with van der Waals surface area (Å²) in [5, 5.41) is 10.7. The largest absolute Gasteiger partial charge is 0.511 e. The molecule has 7 nitrogen and oxygen atoms in total. The van der Waals surface area contributed by atoms with E-state index in [2.05, 4.69) is 9.73 Å². The van der Waals surface area contributed by atoms with Crippen molar-refractivity contribution in [2.45, 2.75) is 64.8 Å². The Balaban J connectivity index is 2.63. The third-order valence-electron chi connectivity index (χ3n) is 5.10. The van der Waals surface area contributed by atoms with Crippen LogP contribution in [0.25, 0.3) is 0 Å². The minimum atomic E-state index is -0.808. The Hall–Kier alpha value is -2.44. The molecule has 2 aliphatic carbocycles. The molecule has 1 N–H and O–H groups in total. The van der Waals surface area contributed by atoms with Gasteiger partial charge in [-0.15, -0.1) is 0 Å². The van der Waals surface area contributed by atoms with Gasteiger partial charge in [0.25, 0.3) is 0 Å². The number of allylic oxidation sites excluding steroid dienone is 2. The molecule has 1 saturated carbocycles. The van der Waals surface area contributed by atoms with E-state index in [1.165, 1.54) is 14.2 Å². The van der Waals surface area contributed by atoms with Crippen molar-refractivity contribution in [1.29, 1.82) is 0 Å². The molecule has 0 unspecified atom stereocenters. The van der Waals surface area contributed by atoms with E-state index < -0.39 is 17.4 Å². The number of esters is 2. The van der Waals surface area contributed by atoms with Crippen LogP contribution in [0.4, 0.5) is 0 Å². The summed E-state index contributed by atoms with van der Waals surface area (Å²) in [7, 11) is 2.38. The lowest BCUT2D eigenvalue weighted by Gasteiger charge is -2.30. The van der Waals surface area contributed by atoms with Crippen LogP contribution in [0.2, 0.25) is 0 Å². The number of ketones is 1. The van der Waals surface area contributed by atoms with E-state index in [9.17, 15) is 19.5 Å². The van der Waals surface area contributed by atoms with Gasteiger partial charge in [-0.05, 0) is 18.3 Å². The Morgan fingerprint density at radius 2 is 1.75 bits per heavy atom. The Kier molecular flexibility index (Phi) is 7.16. The molecule has 0 aliphatic heterocycles. The number of aliphatic hydroxyl groups excluding tert-OH is 1. The molecule has 0 spiro atoms. The highest BCUT2D eigenvalue weighted by atomic mass is 16.5. The first-order chi connectivity index (χ1) is 13.2. The van der Waals surface area contributed by atoms with Gasteiger partial charge in [-0.2, -0.15) is 0 Å². The van der Waals surface area contributed by atoms with Gasteiger partial charge in [-0.25, -0.2) is 9.59 Å². The monoisotopic (exact) mass is 391 g/mol. The number of ether oxygens (including phenoxy) is 2. The van der Waals surface area contributed by atoms with Gasteiger partial charge in [0.05, 0.1) is 37.1 Å². The van der Waals surface area contributed by atoms with E-state index in [0.29, 0.717) is 0 Å². The minimum Gasteiger partial charge on any atom is -0.511 e. The zero-order valence-electron chi connectivity index (χ0n) is 17.0. The molecule has 2 rings (SSSR count). The third-order valence-corrected chi connectivity index (χ3v) is 5.10. The molecular formula is C21H29NO6. The topological polar surface area (TPSA) is 102 Å². The zero-order chi connectivity index (χ0) is 20.9. The van der Waals surface area contributed by atoms with Crippen LogP contribution < -0.4 is 0 Å². The first-order valence-electron chi connectivity index (χ1n) is 9.60. The fourth-order valence-electron chi connectivity index (χ4n) is 3.73.